The number of hydrogen-bond acceptors (Lipinski definition) is 4. The number of rotatable bonds is 7. The van der Waals surface area contributed by atoms with Gasteiger partial charge in [-0.05, 0) is 43.8 Å². The predicted molar refractivity (Wildman–Crippen MR) is 89.8 cm³/mol. The molecule has 1 fully saturated rings. The normalized spacial score (nSPS) is 17.4. The fourth-order valence-electron chi connectivity index (χ4n) is 2.56. The van der Waals surface area contributed by atoms with Crippen molar-refractivity contribution in [1.82, 2.24) is 9.80 Å². The smallest absolute Gasteiger partial charge is 0.119 e. The molecule has 0 amide bonds. The summed E-state index contributed by atoms with van der Waals surface area (Å²) in [7, 11) is 1.67. The minimum absolute atomic E-state index is 0.741. The van der Waals surface area contributed by atoms with Crippen molar-refractivity contribution in [2.75, 3.05) is 58.3 Å². The summed E-state index contributed by atoms with van der Waals surface area (Å²) in [5, 5.41) is 1.06. The van der Waals surface area contributed by atoms with E-state index in [9.17, 15) is 0 Å². The third kappa shape index (κ3) is 5.85. The maximum Gasteiger partial charge on any atom is 0.119 e. The van der Waals surface area contributed by atoms with Gasteiger partial charge in [-0.15, -0.1) is 0 Å². The Morgan fingerprint density at radius 2 is 1.57 bits per heavy atom. The zero-order chi connectivity index (χ0) is 14.9. The lowest BCUT2D eigenvalue weighted by molar-refractivity contribution is 0.210. The first-order chi connectivity index (χ1) is 10.3. The summed E-state index contributed by atoms with van der Waals surface area (Å²) in [6.07, 6.45) is 1.25. The maximum atomic E-state index is 5.81. The molecule has 0 aromatic heterocycles. The molecule has 2 rings (SSSR count). The largest absolute Gasteiger partial charge is 0.497 e. The second kappa shape index (κ2) is 9.28. The van der Waals surface area contributed by atoms with Crippen LogP contribution in [0.25, 0.3) is 0 Å². The zero-order valence-corrected chi connectivity index (χ0v) is 14.3. The van der Waals surface area contributed by atoms with E-state index in [4.69, 9.17) is 9.47 Å². The Hall–Kier alpha value is -0.780. The third-order valence-electron chi connectivity index (χ3n) is 3.82. The maximum absolute atomic E-state index is 5.81. The van der Waals surface area contributed by atoms with E-state index in [0.717, 1.165) is 49.6 Å². The fourth-order valence-corrected chi connectivity index (χ4v) is 3.06. The minimum Gasteiger partial charge on any atom is -0.497 e. The number of benzene rings is 1. The van der Waals surface area contributed by atoms with Crippen molar-refractivity contribution in [3.63, 3.8) is 0 Å². The zero-order valence-electron chi connectivity index (χ0n) is 12.8. The fraction of sp³-hybridized carbons (Fsp3) is 0.625. The predicted octanol–water partition coefficient (Wildman–Crippen LogP) is 2.48. The molecule has 0 atom stereocenters. The van der Waals surface area contributed by atoms with Crippen LogP contribution in [0.15, 0.2) is 24.3 Å². The molecular formula is C16H25BrN2O2. The highest BCUT2D eigenvalue weighted by Crippen LogP contribution is 2.16. The summed E-state index contributed by atoms with van der Waals surface area (Å²) in [6.45, 7) is 7.56. The van der Waals surface area contributed by atoms with Crippen molar-refractivity contribution in [3.8, 4) is 11.5 Å². The Bertz CT molecular complexity index is 400. The van der Waals surface area contributed by atoms with Gasteiger partial charge in [0.15, 0.2) is 0 Å². The topological polar surface area (TPSA) is 24.9 Å². The Morgan fingerprint density at radius 3 is 2.19 bits per heavy atom. The van der Waals surface area contributed by atoms with Gasteiger partial charge >= 0.3 is 0 Å². The molecule has 1 aromatic rings. The number of nitrogens with zero attached hydrogens (tertiary/aromatic N) is 2. The standard InChI is InChI=1S/C16H25BrN2O2/c1-20-15-3-5-16(6-4-15)21-14-13-19-9-2-8-18(10-7-17)11-12-19/h3-6H,2,7-14H2,1H3. The van der Waals surface area contributed by atoms with Crippen molar-refractivity contribution in [3.05, 3.63) is 24.3 Å². The molecule has 0 bridgehead atoms. The number of methoxy groups -OCH3 is 1. The highest BCUT2D eigenvalue weighted by molar-refractivity contribution is 9.09. The van der Waals surface area contributed by atoms with Gasteiger partial charge in [0.05, 0.1) is 7.11 Å². The van der Waals surface area contributed by atoms with Crippen LogP contribution in [-0.2, 0) is 0 Å². The van der Waals surface area contributed by atoms with Gasteiger partial charge in [0.1, 0.15) is 18.1 Å². The van der Waals surface area contributed by atoms with Crippen LogP contribution in [0.1, 0.15) is 6.42 Å². The summed E-state index contributed by atoms with van der Waals surface area (Å²) in [5.41, 5.74) is 0. The number of alkyl halides is 1. The SMILES string of the molecule is COc1ccc(OCCN2CCCN(CCBr)CC2)cc1. The van der Waals surface area contributed by atoms with Gasteiger partial charge < -0.3 is 14.4 Å². The van der Waals surface area contributed by atoms with Crippen molar-refractivity contribution in [2.45, 2.75) is 6.42 Å². The van der Waals surface area contributed by atoms with E-state index in [0.29, 0.717) is 0 Å². The van der Waals surface area contributed by atoms with Crippen LogP contribution in [0.5, 0.6) is 11.5 Å². The molecule has 1 aromatic carbocycles. The van der Waals surface area contributed by atoms with Crippen LogP contribution >= 0.6 is 15.9 Å². The quantitative estimate of drug-likeness (QED) is 0.700. The van der Waals surface area contributed by atoms with Gasteiger partial charge in [0.2, 0.25) is 0 Å². The van der Waals surface area contributed by atoms with Crippen LogP contribution in [0.2, 0.25) is 0 Å². The first-order valence-electron chi connectivity index (χ1n) is 7.59. The highest BCUT2D eigenvalue weighted by atomic mass is 79.9. The first kappa shape index (κ1) is 16.6. The van der Waals surface area contributed by atoms with Crippen molar-refractivity contribution >= 4 is 15.9 Å². The molecule has 1 aliphatic heterocycles. The van der Waals surface area contributed by atoms with Gasteiger partial charge in [0.25, 0.3) is 0 Å². The Labute approximate surface area is 136 Å². The van der Waals surface area contributed by atoms with E-state index in [1.165, 1.54) is 19.5 Å². The number of halogens is 1. The lowest BCUT2D eigenvalue weighted by atomic mass is 10.3. The van der Waals surface area contributed by atoms with Gasteiger partial charge in [-0.3, -0.25) is 4.90 Å². The molecule has 0 spiro atoms. The lowest BCUT2D eigenvalue weighted by Crippen LogP contribution is -2.33. The Balaban J connectivity index is 1.68. The molecule has 21 heavy (non-hydrogen) atoms. The summed E-state index contributed by atoms with van der Waals surface area (Å²) >= 11 is 3.52. The van der Waals surface area contributed by atoms with E-state index in [-0.39, 0.29) is 0 Å². The molecule has 0 aliphatic carbocycles. The molecule has 1 saturated heterocycles. The van der Waals surface area contributed by atoms with Crippen molar-refractivity contribution in [2.24, 2.45) is 0 Å². The second-order valence-electron chi connectivity index (χ2n) is 5.25. The number of ether oxygens (including phenoxy) is 2. The van der Waals surface area contributed by atoms with E-state index < -0.39 is 0 Å². The van der Waals surface area contributed by atoms with Gasteiger partial charge in [-0.2, -0.15) is 0 Å². The van der Waals surface area contributed by atoms with Crippen LogP contribution in [0.4, 0.5) is 0 Å². The summed E-state index contributed by atoms with van der Waals surface area (Å²) in [5.74, 6) is 1.77. The Kier molecular flexibility index (Phi) is 7.33. The molecule has 0 unspecified atom stereocenters. The monoisotopic (exact) mass is 356 g/mol. The second-order valence-corrected chi connectivity index (χ2v) is 6.04. The molecule has 0 radical (unpaired) electrons. The van der Waals surface area contributed by atoms with E-state index >= 15 is 0 Å². The molecule has 0 saturated carbocycles. The van der Waals surface area contributed by atoms with Crippen LogP contribution in [-0.4, -0.2) is 68.1 Å². The Morgan fingerprint density at radius 1 is 0.952 bits per heavy atom. The van der Waals surface area contributed by atoms with Crippen LogP contribution in [0, 0.1) is 0 Å². The van der Waals surface area contributed by atoms with Gasteiger partial charge in [0, 0.05) is 31.5 Å². The summed E-state index contributed by atoms with van der Waals surface area (Å²) in [4.78, 5) is 5.02. The van der Waals surface area contributed by atoms with Gasteiger partial charge in [-0.25, -0.2) is 0 Å². The van der Waals surface area contributed by atoms with E-state index in [1.54, 1.807) is 7.11 Å². The first-order valence-corrected chi connectivity index (χ1v) is 8.71. The molecule has 118 valence electrons. The van der Waals surface area contributed by atoms with Gasteiger partial charge in [-0.1, -0.05) is 15.9 Å². The van der Waals surface area contributed by atoms with Crippen molar-refractivity contribution < 1.29 is 9.47 Å². The summed E-state index contributed by atoms with van der Waals surface area (Å²) in [6, 6.07) is 7.77. The molecular weight excluding hydrogens is 332 g/mol. The molecule has 1 heterocycles. The lowest BCUT2D eigenvalue weighted by Gasteiger charge is -2.21. The van der Waals surface area contributed by atoms with Crippen LogP contribution in [0.3, 0.4) is 0 Å². The summed E-state index contributed by atoms with van der Waals surface area (Å²) < 4.78 is 10.9. The van der Waals surface area contributed by atoms with E-state index in [2.05, 4.69) is 25.7 Å². The average molecular weight is 357 g/mol. The molecule has 4 nitrogen and oxygen atoms in total. The number of hydrogen-bond donors (Lipinski definition) is 0. The van der Waals surface area contributed by atoms with E-state index in [1.807, 2.05) is 24.3 Å². The molecule has 0 N–H and O–H groups in total. The van der Waals surface area contributed by atoms with Crippen LogP contribution < -0.4 is 9.47 Å². The van der Waals surface area contributed by atoms with Crippen molar-refractivity contribution in [1.29, 1.82) is 0 Å². The molecule has 1 aliphatic rings. The molecule has 5 heteroatoms. The average Bonchev–Trinajstić information content (AvgIpc) is 2.74. The highest BCUT2D eigenvalue weighted by Gasteiger charge is 2.13. The third-order valence-corrected chi connectivity index (χ3v) is 4.17. The minimum atomic E-state index is 0.741.